The predicted molar refractivity (Wildman–Crippen MR) is 84.6 cm³/mol. The minimum absolute atomic E-state index is 0.0896. The van der Waals surface area contributed by atoms with Crippen LogP contribution in [0.1, 0.15) is 50.9 Å². The third kappa shape index (κ3) is 2.58. The summed E-state index contributed by atoms with van der Waals surface area (Å²) in [6.07, 6.45) is 0. The van der Waals surface area contributed by atoms with E-state index < -0.39 is 5.54 Å². The summed E-state index contributed by atoms with van der Waals surface area (Å²) in [5, 5.41) is 0. The van der Waals surface area contributed by atoms with Crippen LogP contribution in [-0.2, 0) is 10.2 Å². The van der Waals surface area contributed by atoms with Gasteiger partial charge in [0.05, 0.1) is 5.69 Å². The molecule has 0 saturated carbocycles. The molecular weight excluding hydrogens is 282 g/mol. The summed E-state index contributed by atoms with van der Waals surface area (Å²) in [5.41, 5.74) is 5.13. The van der Waals surface area contributed by atoms with Crippen LogP contribution in [-0.4, -0.2) is 47.3 Å². The predicted octanol–water partition coefficient (Wildman–Crippen LogP) is 1.85. The first-order valence-corrected chi connectivity index (χ1v) is 7.43. The first-order chi connectivity index (χ1) is 9.96. The number of nitrogens with two attached hydrogens (primary N) is 1. The molecule has 1 fully saturated rings. The van der Waals surface area contributed by atoms with Crippen molar-refractivity contribution in [3.8, 4) is 0 Å². The quantitative estimate of drug-likeness (QED) is 0.858. The van der Waals surface area contributed by atoms with Crippen LogP contribution in [0, 0.1) is 0 Å². The molecule has 2 amide bonds. The van der Waals surface area contributed by atoms with Gasteiger partial charge in [0.2, 0.25) is 11.7 Å². The highest BCUT2D eigenvalue weighted by molar-refractivity contribution is 6.01. The Morgan fingerprint density at radius 3 is 2.41 bits per heavy atom. The number of piperazine rings is 1. The van der Waals surface area contributed by atoms with E-state index in [0.717, 1.165) is 0 Å². The van der Waals surface area contributed by atoms with Crippen molar-refractivity contribution < 1.29 is 14.0 Å². The topological polar surface area (TPSA) is 79.8 Å². The molecule has 122 valence electrons. The van der Waals surface area contributed by atoms with Crippen molar-refractivity contribution in [2.24, 2.45) is 0 Å². The van der Waals surface area contributed by atoms with Crippen LogP contribution < -0.4 is 5.73 Å². The number of hydrogen-bond donors (Lipinski definition) is 1. The first kappa shape index (κ1) is 16.4. The van der Waals surface area contributed by atoms with E-state index in [0.29, 0.717) is 24.5 Å². The molecule has 1 saturated heterocycles. The molecule has 0 radical (unpaired) electrons. The van der Waals surface area contributed by atoms with E-state index in [-0.39, 0.29) is 23.0 Å². The Morgan fingerprint density at radius 2 is 1.91 bits per heavy atom. The molecule has 1 aromatic heterocycles. The minimum Gasteiger partial charge on any atom is -0.453 e. The number of nitrogen functional groups attached to an aromatic ring is 1. The van der Waals surface area contributed by atoms with Crippen molar-refractivity contribution in [2.45, 2.75) is 45.6 Å². The smallest absolute Gasteiger partial charge is 0.292 e. The molecular formula is C16H25N3O3. The average Bonchev–Trinajstić information content (AvgIpc) is 2.77. The largest absolute Gasteiger partial charge is 0.453 e. The van der Waals surface area contributed by atoms with Gasteiger partial charge < -0.3 is 20.0 Å². The summed E-state index contributed by atoms with van der Waals surface area (Å²) in [7, 11) is 1.74. The molecule has 22 heavy (non-hydrogen) atoms. The van der Waals surface area contributed by atoms with Crippen molar-refractivity contribution in [3.05, 3.63) is 17.6 Å². The number of likely N-dealkylation sites (N-methyl/N-ethyl adjacent to an activating group) is 1. The fourth-order valence-electron chi connectivity index (χ4n) is 2.63. The Labute approximate surface area is 131 Å². The Bertz CT molecular complexity index is 611. The van der Waals surface area contributed by atoms with Gasteiger partial charge in [0.1, 0.15) is 11.3 Å². The Kier molecular flexibility index (Phi) is 3.75. The van der Waals surface area contributed by atoms with Crippen molar-refractivity contribution in [3.63, 3.8) is 0 Å². The van der Waals surface area contributed by atoms with E-state index >= 15 is 0 Å². The van der Waals surface area contributed by atoms with Crippen LogP contribution in [0.15, 0.2) is 10.5 Å². The molecule has 0 atom stereocenters. The molecule has 2 heterocycles. The average molecular weight is 307 g/mol. The fourth-order valence-corrected chi connectivity index (χ4v) is 2.63. The van der Waals surface area contributed by atoms with Gasteiger partial charge >= 0.3 is 0 Å². The highest BCUT2D eigenvalue weighted by Gasteiger charge is 2.44. The zero-order valence-corrected chi connectivity index (χ0v) is 14.2. The maximum atomic E-state index is 12.8. The summed E-state index contributed by atoms with van der Waals surface area (Å²) in [6.45, 7) is 10.4. The lowest BCUT2D eigenvalue weighted by Gasteiger charge is -2.44. The van der Waals surface area contributed by atoms with Crippen LogP contribution >= 0.6 is 0 Å². The van der Waals surface area contributed by atoms with Crippen molar-refractivity contribution >= 4 is 17.5 Å². The van der Waals surface area contributed by atoms with Crippen LogP contribution in [0.3, 0.4) is 0 Å². The molecule has 6 heteroatoms. The van der Waals surface area contributed by atoms with E-state index in [4.69, 9.17) is 10.2 Å². The molecule has 1 aromatic rings. The minimum atomic E-state index is -0.911. The second kappa shape index (κ2) is 5.04. The second-order valence-corrected chi connectivity index (χ2v) is 7.39. The van der Waals surface area contributed by atoms with Gasteiger partial charge in [0.25, 0.3) is 5.91 Å². The van der Waals surface area contributed by atoms with E-state index in [1.165, 1.54) is 4.90 Å². The molecule has 1 aliphatic heterocycles. The third-order valence-corrected chi connectivity index (χ3v) is 4.14. The lowest BCUT2D eigenvalue weighted by atomic mass is 9.93. The lowest BCUT2D eigenvalue weighted by molar-refractivity contribution is -0.144. The van der Waals surface area contributed by atoms with Gasteiger partial charge in [-0.3, -0.25) is 9.59 Å². The third-order valence-electron chi connectivity index (χ3n) is 4.14. The molecule has 1 aliphatic rings. The number of hydrogen-bond acceptors (Lipinski definition) is 4. The molecule has 6 nitrogen and oxygen atoms in total. The maximum absolute atomic E-state index is 12.8. The monoisotopic (exact) mass is 307 g/mol. The van der Waals surface area contributed by atoms with Gasteiger partial charge in [0, 0.05) is 31.6 Å². The van der Waals surface area contributed by atoms with Gasteiger partial charge in [-0.25, -0.2) is 0 Å². The van der Waals surface area contributed by atoms with Crippen molar-refractivity contribution in [2.75, 3.05) is 25.9 Å². The van der Waals surface area contributed by atoms with Crippen LogP contribution in [0.25, 0.3) is 0 Å². The normalized spacial score (nSPS) is 18.7. The second-order valence-electron chi connectivity index (χ2n) is 7.39. The number of rotatable bonds is 1. The zero-order chi connectivity index (χ0) is 16.9. The number of amides is 2. The zero-order valence-electron chi connectivity index (χ0n) is 14.2. The standard InChI is InChI=1S/C16H25N3O3/c1-15(2,3)11-9-10(17)12(22-11)13(20)19-8-7-18(6)14(21)16(19,4)5/h9H,7-8,17H2,1-6H3. The Hall–Kier alpha value is -1.98. The van der Waals surface area contributed by atoms with Crippen LogP contribution in [0.5, 0.6) is 0 Å². The molecule has 0 aliphatic carbocycles. The van der Waals surface area contributed by atoms with Gasteiger partial charge in [-0.2, -0.15) is 0 Å². The Morgan fingerprint density at radius 1 is 1.32 bits per heavy atom. The first-order valence-electron chi connectivity index (χ1n) is 7.43. The number of furan rings is 1. The lowest BCUT2D eigenvalue weighted by Crippen LogP contribution is -2.63. The molecule has 0 aromatic carbocycles. The summed E-state index contributed by atoms with van der Waals surface area (Å²) < 4.78 is 5.71. The van der Waals surface area contributed by atoms with Crippen LogP contribution in [0.2, 0.25) is 0 Å². The highest BCUT2D eigenvalue weighted by atomic mass is 16.4. The van der Waals surface area contributed by atoms with E-state index in [1.807, 2.05) is 20.8 Å². The summed E-state index contributed by atoms with van der Waals surface area (Å²) in [6, 6.07) is 1.69. The molecule has 0 spiro atoms. The molecule has 0 unspecified atom stereocenters. The summed E-state index contributed by atoms with van der Waals surface area (Å²) in [5.74, 6) is 0.356. The van der Waals surface area contributed by atoms with Gasteiger partial charge in [0.15, 0.2) is 0 Å². The number of carbonyl (C=O) groups is 2. The number of anilines is 1. The number of nitrogens with zero attached hydrogens (tertiary/aromatic N) is 2. The van der Waals surface area contributed by atoms with Crippen molar-refractivity contribution in [1.82, 2.24) is 9.80 Å². The summed E-state index contributed by atoms with van der Waals surface area (Å²) in [4.78, 5) is 28.3. The van der Waals surface area contributed by atoms with Crippen molar-refractivity contribution in [1.29, 1.82) is 0 Å². The summed E-state index contributed by atoms with van der Waals surface area (Å²) >= 11 is 0. The van der Waals surface area contributed by atoms with E-state index in [1.54, 1.807) is 31.9 Å². The van der Waals surface area contributed by atoms with E-state index in [9.17, 15) is 9.59 Å². The molecule has 2 rings (SSSR count). The van der Waals surface area contributed by atoms with Gasteiger partial charge in [-0.05, 0) is 13.8 Å². The SMILES string of the molecule is CN1CCN(C(=O)c2oc(C(C)(C)C)cc2N)C(C)(C)C1=O. The highest BCUT2D eigenvalue weighted by Crippen LogP contribution is 2.31. The van der Waals surface area contributed by atoms with Gasteiger partial charge in [-0.15, -0.1) is 0 Å². The molecule has 0 bridgehead atoms. The van der Waals surface area contributed by atoms with Crippen LogP contribution in [0.4, 0.5) is 5.69 Å². The Balaban J connectivity index is 2.36. The fraction of sp³-hybridized carbons (Fsp3) is 0.625. The maximum Gasteiger partial charge on any atom is 0.292 e. The van der Waals surface area contributed by atoms with Gasteiger partial charge in [-0.1, -0.05) is 20.8 Å². The number of carbonyl (C=O) groups excluding carboxylic acids is 2. The molecule has 2 N–H and O–H groups in total. The van der Waals surface area contributed by atoms with E-state index in [2.05, 4.69) is 0 Å².